The quantitative estimate of drug-likeness (QED) is 0.427. The lowest BCUT2D eigenvalue weighted by atomic mass is 9.73. The van der Waals surface area contributed by atoms with Crippen molar-refractivity contribution in [1.29, 1.82) is 0 Å². The van der Waals surface area contributed by atoms with E-state index in [1.165, 1.54) is 0 Å². The predicted molar refractivity (Wildman–Crippen MR) is 48.6 cm³/mol. The number of ether oxygens (including phenoxy) is 1. The van der Waals surface area contributed by atoms with Crippen molar-refractivity contribution in [2.24, 2.45) is 11.8 Å². The van der Waals surface area contributed by atoms with Gasteiger partial charge in [-0.3, -0.25) is 14.9 Å². The minimum atomic E-state index is -0.990. The Morgan fingerprint density at radius 3 is 2.73 bits per heavy atom. The number of aliphatic hydroxyl groups is 1. The molecular formula is C10H11NO4. The zero-order valence-corrected chi connectivity index (χ0v) is 8.19. The van der Waals surface area contributed by atoms with E-state index in [4.69, 9.17) is 4.74 Å². The minimum absolute atomic E-state index is 0.277. The van der Waals surface area contributed by atoms with Gasteiger partial charge in [0.1, 0.15) is 5.60 Å². The number of aliphatic hydroxyl groups excluding tert-OH is 1. The van der Waals surface area contributed by atoms with Gasteiger partial charge in [0.2, 0.25) is 11.8 Å². The maximum atomic E-state index is 11.6. The predicted octanol–water partition coefficient (Wildman–Crippen LogP) is -1.03. The molecule has 3 aliphatic heterocycles. The van der Waals surface area contributed by atoms with Crippen LogP contribution < -0.4 is 5.32 Å². The summed E-state index contributed by atoms with van der Waals surface area (Å²) in [5, 5.41) is 11.6. The highest BCUT2D eigenvalue weighted by molar-refractivity contribution is 6.07. The van der Waals surface area contributed by atoms with Crippen LogP contribution in [0.2, 0.25) is 0 Å². The maximum Gasteiger partial charge on any atom is 0.233 e. The molecule has 2 saturated heterocycles. The third-order valence-corrected chi connectivity index (χ3v) is 3.64. The van der Waals surface area contributed by atoms with Crippen molar-refractivity contribution >= 4 is 11.8 Å². The summed E-state index contributed by atoms with van der Waals surface area (Å²) in [6.07, 6.45) is 3.47. The van der Waals surface area contributed by atoms with Crippen LogP contribution in [0.4, 0.5) is 0 Å². The second kappa shape index (κ2) is 2.31. The summed E-state index contributed by atoms with van der Waals surface area (Å²) in [6.45, 7) is 1.49. The van der Waals surface area contributed by atoms with E-state index in [1.54, 1.807) is 19.1 Å². The van der Waals surface area contributed by atoms with Crippen molar-refractivity contribution in [3.05, 3.63) is 12.2 Å². The molecule has 2 N–H and O–H groups in total. The van der Waals surface area contributed by atoms with Gasteiger partial charge in [-0.25, -0.2) is 0 Å². The van der Waals surface area contributed by atoms with Crippen molar-refractivity contribution in [3.63, 3.8) is 0 Å². The fraction of sp³-hybridized carbons (Fsp3) is 0.600. The van der Waals surface area contributed by atoms with E-state index in [0.717, 1.165) is 0 Å². The molecule has 0 saturated carbocycles. The van der Waals surface area contributed by atoms with E-state index in [0.29, 0.717) is 0 Å². The summed E-state index contributed by atoms with van der Waals surface area (Å²) in [4.78, 5) is 23.2. The number of imide groups is 1. The molecule has 0 aromatic carbocycles. The lowest BCUT2D eigenvalue weighted by Crippen LogP contribution is -2.42. The first-order valence-electron chi connectivity index (χ1n) is 4.88. The Balaban J connectivity index is 2.16. The molecule has 2 amide bonds. The minimum Gasteiger partial charge on any atom is -0.393 e. The smallest absolute Gasteiger partial charge is 0.233 e. The summed E-state index contributed by atoms with van der Waals surface area (Å²) in [6, 6.07) is 0. The molecule has 3 aliphatic rings. The summed E-state index contributed by atoms with van der Waals surface area (Å²) in [5.41, 5.74) is -1.74. The summed E-state index contributed by atoms with van der Waals surface area (Å²) in [7, 11) is 0. The molecular weight excluding hydrogens is 198 g/mol. The van der Waals surface area contributed by atoms with Crippen LogP contribution in [-0.2, 0) is 14.3 Å². The first-order chi connectivity index (χ1) is 7.02. The Morgan fingerprint density at radius 2 is 2.07 bits per heavy atom. The molecule has 80 valence electrons. The molecule has 0 spiro atoms. The molecule has 2 bridgehead atoms. The average Bonchev–Trinajstić information content (AvgIpc) is 2.75. The van der Waals surface area contributed by atoms with Crippen LogP contribution in [0.15, 0.2) is 12.2 Å². The Kier molecular flexibility index (Phi) is 1.39. The molecule has 5 heteroatoms. The fourth-order valence-corrected chi connectivity index (χ4v) is 2.98. The Hall–Kier alpha value is -1.20. The van der Waals surface area contributed by atoms with Crippen molar-refractivity contribution in [2.75, 3.05) is 6.61 Å². The van der Waals surface area contributed by atoms with Crippen LogP contribution in [-0.4, -0.2) is 34.7 Å². The van der Waals surface area contributed by atoms with Crippen LogP contribution in [0.3, 0.4) is 0 Å². The van der Waals surface area contributed by atoms with Crippen LogP contribution in [0, 0.1) is 11.8 Å². The van der Waals surface area contributed by atoms with E-state index < -0.39 is 23.0 Å². The van der Waals surface area contributed by atoms with Crippen LogP contribution in [0.5, 0.6) is 0 Å². The molecule has 3 rings (SSSR count). The molecule has 0 aromatic rings. The number of amides is 2. The van der Waals surface area contributed by atoms with E-state index in [2.05, 4.69) is 5.32 Å². The lowest BCUT2D eigenvalue weighted by molar-refractivity contribution is -0.134. The number of carbonyl (C=O) groups excluding carboxylic acids is 2. The summed E-state index contributed by atoms with van der Waals surface area (Å²) in [5.74, 6) is -1.72. The van der Waals surface area contributed by atoms with Crippen molar-refractivity contribution in [3.8, 4) is 0 Å². The summed E-state index contributed by atoms with van der Waals surface area (Å²) < 4.78 is 5.66. The number of nitrogens with one attached hydrogen (secondary N) is 1. The number of rotatable bonds is 1. The van der Waals surface area contributed by atoms with Gasteiger partial charge in [-0.15, -0.1) is 0 Å². The molecule has 0 radical (unpaired) electrons. The van der Waals surface area contributed by atoms with Gasteiger partial charge in [-0.1, -0.05) is 12.2 Å². The van der Waals surface area contributed by atoms with Gasteiger partial charge in [0, 0.05) is 0 Å². The van der Waals surface area contributed by atoms with E-state index in [-0.39, 0.29) is 18.4 Å². The van der Waals surface area contributed by atoms with E-state index >= 15 is 0 Å². The monoisotopic (exact) mass is 209 g/mol. The molecule has 15 heavy (non-hydrogen) atoms. The number of fused-ring (bicyclic) bond motifs is 5. The third kappa shape index (κ3) is 0.815. The van der Waals surface area contributed by atoms with Crippen LogP contribution in [0.25, 0.3) is 0 Å². The largest absolute Gasteiger partial charge is 0.393 e. The SMILES string of the molecule is C[C@]12C=C[C@@](CO)(O1)[C@@H]1C(=O)NC(=O)[C@H]12. The summed E-state index contributed by atoms with van der Waals surface area (Å²) >= 11 is 0. The number of hydrogen-bond donors (Lipinski definition) is 2. The highest BCUT2D eigenvalue weighted by atomic mass is 16.5. The van der Waals surface area contributed by atoms with Gasteiger partial charge >= 0.3 is 0 Å². The number of hydrogen-bond acceptors (Lipinski definition) is 4. The van der Waals surface area contributed by atoms with Crippen LogP contribution in [0.1, 0.15) is 6.92 Å². The number of carbonyl (C=O) groups is 2. The van der Waals surface area contributed by atoms with Crippen LogP contribution >= 0.6 is 0 Å². The molecule has 0 aromatic heterocycles. The van der Waals surface area contributed by atoms with Gasteiger partial charge < -0.3 is 9.84 Å². The van der Waals surface area contributed by atoms with Gasteiger partial charge in [0.25, 0.3) is 0 Å². The van der Waals surface area contributed by atoms with Crippen molar-refractivity contribution in [2.45, 2.75) is 18.1 Å². The molecule has 0 aliphatic carbocycles. The van der Waals surface area contributed by atoms with Gasteiger partial charge in [0.05, 0.1) is 24.0 Å². The first kappa shape index (κ1) is 9.06. The fourth-order valence-electron chi connectivity index (χ4n) is 2.98. The molecule has 5 nitrogen and oxygen atoms in total. The highest BCUT2D eigenvalue weighted by Gasteiger charge is 2.69. The highest BCUT2D eigenvalue weighted by Crippen LogP contribution is 2.55. The normalized spacial score (nSPS) is 51.1. The lowest BCUT2D eigenvalue weighted by Gasteiger charge is -2.24. The second-order valence-corrected chi connectivity index (χ2v) is 4.54. The Morgan fingerprint density at radius 1 is 1.40 bits per heavy atom. The van der Waals surface area contributed by atoms with Gasteiger partial charge in [-0.2, -0.15) is 0 Å². The van der Waals surface area contributed by atoms with Gasteiger partial charge in [-0.05, 0) is 6.92 Å². The van der Waals surface area contributed by atoms with E-state index in [1.807, 2.05) is 0 Å². The van der Waals surface area contributed by atoms with Crippen molar-refractivity contribution < 1.29 is 19.4 Å². The zero-order chi connectivity index (χ0) is 10.8. The molecule has 4 atom stereocenters. The first-order valence-corrected chi connectivity index (χ1v) is 4.88. The Bertz CT molecular complexity index is 404. The van der Waals surface area contributed by atoms with E-state index in [9.17, 15) is 14.7 Å². The molecule has 0 unspecified atom stereocenters. The maximum absolute atomic E-state index is 11.6. The average molecular weight is 209 g/mol. The zero-order valence-electron chi connectivity index (χ0n) is 8.19. The standard InChI is InChI=1S/C10H11NO4/c1-9-2-3-10(4-12,15-9)6-5(9)7(13)11-8(6)14/h2-3,5-6,12H,4H2,1H3,(H,11,13,14)/t5-,6-,9+,10-/m0/s1. The molecule has 2 fully saturated rings. The van der Waals surface area contributed by atoms with Gasteiger partial charge in [0.15, 0.2) is 0 Å². The molecule has 3 heterocycles. The Labute approximate surface area is 86.1 Å². The third-order valence-electron chi connectivity index (χ3n) is 3.64. The topological polar surface area (TPSA) is 75.6 Å². The second-order valence-electron chi connectivity index (χ2n) is 4.54. The van der Waals surface area contributed by atoms with Crippen molar-refractivity contribution in [1.82, 2.24) is 5.32 Å².